The molecular formula is C12H13NO2S. The molecule has 84 valence electrons. The maximum atomic E-state index is 10.8. The molecule has 1 heterocycles. The molecule has 0 amide bonds. The van der Waals surface area contributed by atoms with Crippen LogP contribution >= 0.6 is 11.8 Å². The molecule has 0 aliphatic carbocycles. The van der Waals surface area contributed by atoms with Gasteiger partial charge < -0.3 is 4.52 Å². The van der Waals surface area contributed by atoms with E-state index in [-0.39, 0.29) is 5.56 Å². The Morgan fingerprint density at radius 1 is 1.31 bits per heavy atom. The summed E-state index contributed by atoms with van der Waals surface area (Å²) in [7, 11) is 0. The van der Waals surface area contributed by atoms with Gasteiger partial charge in [0.1, 0.15) is 5.76 Å². The first kappa shape index (κ1) is 11.1. The number of hydrogen-bond donors (Lipinski definition) is 1. The number of hydrogen-bond acceptors (Lipinski definition) is 3. The van der Waals surface area contributed by atoms with Crippen LogP contribution in [0.5, 0.6) is 0 Å². The van der Waals surface area contributed by atoms with E-state index in [4.69, 9.17) is 4.52 Å². The van der Waals surface area contributed by atoms with E-state index >= 15 is 0 Å². The maximum Gasteiger partial charge on any atom is 0.280 e. The summed E-state index contributed by atoms with van der Waals surface area (Å²) in [6, 6.07) is 9.79. The number of thioether (sulfide) groups is 1. The van der Waals surface area contributed by atoms with Crippen LogP contribution in [0.25, 0.3) is 0 Å². The standard InChI is InChI=1S/C12H13NO2S/c1-9-4-2-3-5-10(9)7-16-8-11-6-12(14)13-15-11/h2-6H,7-8H2,1H3,(H,13,14). The lowest BCUT2D eigenvalue weighted by Gasteiger charge is -2.03. The van der Waals surface area contributed by atoms with E-state index in [0.29, 0.717) is 11.5 Å². The SMILES string of the molecule is Cc1ccccc1CSCc1cc(=O)[nH]o1. The van der Waals surface area contributed by atoms with Crippen molar-refractivity contribution in [3.63, 3.8) is 0 Å². The van der Waals surface area contributed by atoms with Gasteiger partial charge >= 0.3 is 0 Å². The molecule has 0 spiro atoms. The summed E-state index contributed by atoms with van der Waals surface area (Å²) >= 11 is 1.73. The van der Waals surface area contributed by atoms with Crippen LogP contribution in [-0.2, 0) is 11.5 Å². The summed E-state index contributed by atoms with van der Waals surface area (Å²) in [5, 5.41) is 2.28. The zero-order valence-electron chi connectivity index (χ0n) is 9.03. The average Bonchev–Trinajstić information content (AvgIpc) is 2.67. The second kappa shape index (κ2) is 5.07. The Labute approximate surface area is 97.8 Å². The zero-order chi connectivity index (χ0) is 11.4. The fourth-order valence-corrected chi connectivity index (χ4v) is 2.42. The summed E-state index contributed by atoms with van der Waals surface area (Å²) < 4.78 is 4.97. The van der Waals surface area contributed by atoms with Crippen LogP contribution < -0.4 is 5.56 Å². The molecule has 0 aliphatic rings. The molecule has 0 unspecified atom stereocenters. The summed E-state index contributed by atoms with van der Waals surface area (Å²) in [6.07, 6.45) is 0. The molecule has 2 rings (SSSR count). The molecule has 0 atom stereocenters. The molecule has 0 aliphatic heterocycles. The van der Waals surface area contributed by atoms with Gasteiger partial charge in [-0.3, -0.25) is 4.79 Å². The van der Waals surface area contributed by atoms with Crippen molar-refractivity contribution in [3.05, 3.63) is 57.6 Å². The van der Waals surface area contributed by atoms with Crippen LogP contribution in [-0.4, -0.2) is 5.16 Å². The van der Waals surface area contributed by atoms with Gasteiger partial charge in [-0.15, -0.1) is 11.8 Å². The third-order valence-corrected chi connectivity index (χ3v) is 3.34. The highest BCUT2D eigenvalue weighted by atomic mass is 32.2. The van der Waals surface area contributed by atoms with Crippen molar-refractivity contribution < 1.29 is 4.52 Å². The lowest BCUT2D eigenvalue weighted by atomic mass is 10.1. The quantitative estimate of drug-likeness (QED) is 0.886. The topological polar surface area (TPSA) is 46.0 Å². The van der Waals surface area contributed by atoms with E-state index in [1.807, 2.05) is 12.1 Å². The Bertz CT molecular complexity index is 515. The van der Waals surface area contributed by atoms with Gasteiger partial charge in [-0.05, 0) is 18.1 Å². The molecule has 1 aromatic carbocycles. The van der Waals surface area contributed by atoms with Gasteiger partial charge in [-0.1, -0.05) is 24.3 Å². The first-order valence-electron chi connectivity index (χ1n) is 5.05. The van der Waals surface area contributed by atoms with E-state index < -0.39 is 0 Å². The molecule has 0 radical (unpaired) electrons. The predicted octanol–water partition coefficient (Wildman–Crippen LogP) is 2.71. The van der Waals surface area contributed by atoms with Crippen molar-refractivity contribution in [1.29, 1.82) is 0 Å². The van der Waals surface area contributed by atoms with Crippen LogP contribution in [0.15, 0.2) is 39.6 Å². The molecule has 0 fully saturated rings. The molecule has 16 heavy (non-hydrogen) atoms. The summed E-state index contributed by atoms with van der Waals surface area (Å²) in [4.78, 5) is 10.8. The third-order valence-electron chi connectivity index (χ3n) is 2.34. The fourth-order valence-electron chi connectivity index (χ4n) is 1.43. The van der Waals surface area contributed by atoms with E-state index in [9.17, 15) is 4.79 Å². The second-order valence-corrected chi connectivity index (χ2v) is 4.58. The average molecular weight is 235 g/mol. The zero-order valence-corrected chi connectivity index (χ0v) is 9.84. The molecule has 0 saturated carbocycles. The molecule has 0 saturated heterocycles. The Kier molecular flexibility index (Phi) is 3.51. The van der Waals surface area contributed by atoms with Crippen molar-refractivity contribution in [2.75, 3.05) is 0 Å². The first-order chi connectivity index (χ1) is 7.75. The monoisotopic (exact) mass is 235 g/mol. The number of rotatable bonds is 4. The van der Waals surface area contributed by atoms with E-state index in [0.717, 1.165) is 5.75 Å². The van der Waals surface area contributed by atoms with E-state index in [1.54, 1.807) is 11.8 Å². The number of aromatic amines is 1. The van der Waals surface area contributed by atoms with Crippen LogP contribution in [0.1, 0.15) is 16.9 Å². The Hall–Kier alpha value is -1.42. The molecular weight excluding hydrogens is 222 g/mol. The van der Waals surface area contributed by atoms with Gasteiger partial charge in [0.15, 0.2) is 0 Å². The molecule has 1 aromatic heterocycles. The van der Waals surface area contributed by atoms with Crippen molar-refractivity contribution in [1.82, 2.24) is 5.16 Å². The van der Waals surface area contributed by atoms with Gasteiger partial charge in [0.25, 0.3) is 5.56 Å². The highest BCUT2D eigenvalue weighted by molar-refractivity contribution is 7.97. The van der Waals surface area contributed by atoms with Crippen molar-refractivity contribution >= 4 is 11.8 Å². The third kappa shape index (κ3) is 2.79. The number of aryl methyl sites for hydroxylation is 1. The van der Waals surface area contributed by atoms with Gasteiger partial charge in [-0.2, -0.15) is 5.16 Å². The summed E-state index contributed by atoms with van der Waals surface area (Å²) in [6.45, 7) is 2.10. The molecule has 4 heteroatoms. The Morgan fingerprint density at radius 3 is 2.81 bits per heavy atom. The van der Waals surface area contributed by atoms with Crippen LogP contribution in [0.4, 0.5) is 0 Å². The van der Waals surface area contributed by atoms with Crippen molar-refractivity contribution in [3.8, 4) is 0 Å². The maximum absolute atomic E-state index is 10.8. The lowest BCUT2D eigenvalue weighted by Crippen LogP contribution is -1.92. The molecule has 2 aromatic rings. The Balaban J connectivity index is 1.89. The van der Waals surface area contributed by atoms with Gasteiger partial charge in [0, 0.05) is 11.8 Å². The summed E-state index contributed by atoms with van der Waals surface area (Å²) in [5.74, 6) is 2.35. The van der Waals surface area contributed by atoms with Gasteiger partial charge in [-0.25, -0.2) is 0 Å². The van der Waals surface area contributed by atoms with Crippen molar-refractivity contribution in [2.45, 2.75) is 18.4 Å². The number of nitrogens with one attached hydrogen (secondary N) is 1. The predicted molar refractivity (Wildman–Crippen MR) is 65.5 cm³/mol. The van der Waals surface area contributed by atoms with Crippen molar-refractivity contribution in [2.24, 2.45) is 0 Å². The Morgan fingerprint density at radius 2 is 2.12 bits per heavy atom. The molecule has 0 bridgehead atoms. The second-order valence-electron chi connectivity index (χ2n) is 3.60. The summed E-state index contributed by atoms with van der Waals surface area (Å²) in [5.41, 5.74) is 2.45. The smallest absolute Gasteiger partial charge is 0.280 e. The minimum Gasteiger partial charge on any atom is -0.383 e. The lowest BCUT2D eigenvalue weighted by molar-refractivity contribution is 0.390. The molecule has 3 nitrogen and oxygen atoms in total. The van der Waals surface area contributed by atoms with Gasteiger partial charge in [0.2, 0.25) is 0 Å². The van der Waals surface area contributed by atoms with Crippen LogP contribution in [0.3, 0.4) is 0 Å². The highest BCUT2D eigenvalue weighted by Crippen LogP contribution is 2.19. The van der Waals surface area contributed by atoms with E-state index in [1.165, 1.54) is 17.2 Å². The first-order valence-corrected chi connectivity index (χ1v) is 6.21. The van der Waals surface area contributed by atoms with E-state index in [2.05, 4.69) is 24.2 Å². The minimum atomic E-state index is -0.175. The minimum absolute atomic E-state index is 0.175. The number of H-pyrrole nitrogens is 1. The fraction of sp³-hybridized carbons (Fsp3) is 0.250. The normalized spacial score (nSPS) is 10.6. The largest absolute Gasteiger partial charge is 0.383 e. The number of aromatic nitrogens is 1. The van der Waals surface area contributed by atoms with Gasteiger partial charge in [0.05, 0.1) is 5.75 Å². The van der Waals surface area contributed by atoms with Crippen LogP contribution in [0.2, 0.25) is 0 Å². The van der Waals surface area contributed by atoms with Crippen LogP contribution in [0, 0.1) is 6.92 Å². The molecule has 1 N–H and O–H groups in total. The number of benzene rings is 1. The highest BCUT2D eigenvalue weighted by Gasteiger charge is 2.01.